The van der Waals surface area contributed by atoms with Crippen molar-refractivity contribution in [3.05, 3.63) is 30.3 Å². The van der Waals surface area contributed by atoms with Crippen LogP contribution in [0.2, 0.25) is 39.3 Å². The van der Waals surface area contributed by atoms with Gasteiger partial charge in [-0.1, -0.05) is 57.5 Å². The Morgan fingerprint density at radius 2 is 1.39 bits per heavy atom. The van der Waals surface area contributed by atoms with Crippen LogP contribution in [-0.4, -0.2) is 27.4 Å². The number of benzene rings is 1. The van der Waals surface area contributed by atoms with E-state index in [1.54, 1.807) is 0 Å². The molecule has 0 heterocycles. The average Bonchev–Trinajstić information content (AvgIpc) is 2.22. The van der Waals surface area contributed by atoms with E-state index in [1.165, 1.54) is 0 Å². The van der Waals surface area contributed by atoms with E-state index in [4.69, 9.17) is 0 Å². The highest BCUT2D eigenvalue weighted by molar-refractivity contribution is 6.96. The maximum Gasteiger partial charge on any atom is 0.0945 e. The van der Waals surface area contributed by atoms with Gasteiger partial charge in [0, 0.05) is 5.29 Å². The second-order valence-corrected chi connectivity index (χ2v) is 17.9. The van der Waals surface area contributed by atoms with Crippen LogP contribution in [0.4, 0.5) is 5.69 Å². The Balaban J connectivity index is 2.95. The van der Waals surface area contributed by atoms with Gasteiger partial charge in [0.1, 0.15) is 0 Å². The van der Waals surface area contributed by atoms with Crippen LogP contribution in [-0.2, 0) is 0 Å². The quantitative estimate of drug-likeness (QED) is 0.566. The number of para-hydroxylation sites is 1. The second-order valence-electron chi connectivity index (χ2n) is 6.81. The van der Waals surface area contributed by atoms with Gasteiger partial charge in [-0.2, -0.15) is 4.99 Å². The van der Waals surface area contributed by atoms with Gasteiger partial charge >= 0.3 is 0 Å². The highest BCUT2D eigenvalue weighted by atomic mass is 28.4. The summed E-state index contributed by atoms with van der Waals surface area (Å²) in [5, 5.41) is 0.470. The molecule has 0 spiro atoms. The van der Waals surface area contributed by atoms with Crippen molar-refractivity contribution in [3.63, 3.8) is 0 Å². The molecule has 0 aromatic heterocycles. The number of nitrogens with zero attached hydrogens (tertiary/aromatic N) is 2. The Kier molecular flexibility index (Phi) is 4.85. The normalized spacial score (nSPS) is 12.2. The summed E-state index contributed by atoms with van der Waals surface area (Å²) in [6, 6.07) is 12.8. The molecule has 1 rings (SSSR count). The lowest BCUT2D eigenvalue weighted by molar-refractivity contribution is 1.13. The molecule has 0 aliphatic heterocycles. The van der Waals surface area contributed by atoms with E-state index in [0.717, 1.165) is 5.69 Å². The lowest BCUT2D eigenvalue weighted by atomic mass is 10.3. The van der Waals surface area contributed by atoms with Crippen LogP contribution < -0.4 is 0 Å². The molecule has 0 N–H and O–H groups in total. The molecule has 0 saturated heterocycles. The first kappa shape index (κ1) is 15.1. The van der Waals surface area contributed by atoms with Crippen LogP contribution >= 0.6 is 0 Å². The minimum atomic E-state index is -1.29. The SMILES string of the molecule is C[Si](C)(C)C(N=C=Nc1ccccc1)[Si](C)(C)C. The van der Waals surface area contributed by atoms with Gasteiger partial charge in [0.05, 0.1) is 27.8 Å². The predicted molar refractivity (Wildman–Crippen MR) is 86.4 cm³/mol. The van der Waals surface area contributed by atoms with Gasteiger partial charge in [-0.3, -0.25) is 0 Å². The zero-order chi connectivity index (χ0) is 13.8. The van der Waals surface area contributed by atoms with Crippen molar-refractivity contribution in [2.75, 3.05) is 0 Å². The minimum absolute atomic E-state index is 0.470. The first-order valence-electron chi connectivity index (χ1n) is 6.42. The minimum Gasteiger partial charge on any atom is -0.229 e. The predicted octanol–water partition coefficient (Wildman–Crippen LogP) is 4.62. The molecule has 4 heteroatoms. The lowest BCUT2D eigenvalue weighted by Gasteiger charge is -2.33. The van der Waals surface area contributed by atoms with Crippen LogP contribution in [0.1, 0.15) is 0 Å². The van der Waals surface area contributed by atoms with Crippen molar-refractivity contribution in [1.29, 1.82) is 0 Å². The fourth-order valence-corrected chi connectivity index (χ4v) is 13.6. The summed E-state index contributed by atoms with van der Waals surface area (Å²) in [7, 11) is -2.58. The maximum absolute atomic E-state index is 4.67. The largest absolute Gasteiger partial charge is 0.229 e. The molecule has 0 aliphatic rings. The van der Waals surface area contributed by atoms with Gasteiger partial charge in [0.2, 0.25) is 0 Å². The third kappa shape index (κ3) is 4.72. The molecule has 1 aromatic carbocycles. The van der Waals surface area contributed by atoms with Crippen LogP contribution in [0.5, 0.6) is 0 Å². The van der Waals surface area contributed by atoms with Gasteiger partial charge in [-0.25, -0.2) is 4.99 Å². The van der Waals surface area contributed by atoms with Crippen molar-refractivity contribution < 1.29 is 0 Å². The molecule has 0 aliphatic carbocycles. The van der Waals surface area contributed by atoms with Crippen LogP contribution in [0, 0.1) is 0 Å². The molecule has 18 heavy (non-hydrogen) atoms. The number of hydrogen-bond acceptors (Lipinski definition) is 2. The lowest BCUT2D eigenvalue weighted by Crippen LogP contribution is -2.52. The van der Waals surface area contributed by atoms with Crippen LogP contribution in [0.3, 0.4) is 0 Å². The average molecular weight is 277 g/mol. The molecule has 0 atom stereocenters. The highest BCUT2D eigenvalue weighted by Crippen LogP contribution is 2.22. The Labute approximate surface area is 113 Å². The van der Waals surface area contributed by atoms with E-state index in [1.807, 2.05) is 30.3 Å². The van der Waals surface area contributed by atoms with Gasteiger partial charge in [-0.15, -0.1) is 0 Å². The first-order valence-corrected chi connectivity index (χ1v) is 13.6. The Hall–Kier alpha value is -0.966. The number of rotatable bonds is 4. The van der Waals surface area contributed by atoms with E-state index in [2.05, 4.69) is 55.3 Å². The molecular weight excluding hydrogens is 252 g/mol. The molecule has 1 aromatic rings. The van der Waals surface area contributed by atoms with E-state index in [0.29, 0.717) is 5.29 Å². The van der Waals surface area contributed by atoms with Crippen molar-refractivity contribution >= 4 is 27.8 Å². The summed E-state index contributed by atoms with van der Waals surface area (Å²) in [6.07, 6.45) is 0. The number of hydrogen-bond donors (Lipinski definition) is 0. The summed E-state index contributed by atoms with van der Waals surface area (Å²) in [5.41, 5.74) is 0.922. The zero-order valence-electron chi connectivity index (χ0n) is 12.4. The van der Waals surface area contributed by atoms with Crippen molar-refractivity contribution in [1.82, 2.24) is 0 Å². The Bertz CT molecular complexity index is 421. The second kappa shape index (κ2) is 5.78. The van der Waals surface area contributed by atoms with Crippen molar-refractivity contribution in [3.8, 4) is 0 Å². The Morgan fingerprint density at radius 3 is 1.83 bits per heavy atom. The van der Waals surface area contributed by atoms with E-state index >= 15 is 0 Å². The van der Waals surface area contributed by atoms with Crippen LogP contribution in [0.15, 0.2) is 40.3 Å². The van der Waals surface area contributed by atoms with E-state index in [-0.39, 0.29) is 0 Å². The molecule has 2 nitrogen and oxygen atoms in total. The Morgan fingerprint density at radius 1 is 0.889 bits per heavy atom. The first-order chi connectivity index (χ1) is 8.21. The van der Waals surface area contributed by atoms with Gasteiger partial charge in [0.25, 0.3) is 0 Å². The fourth-order valence-electron chi connectivity index (χ4n) is 2.33. The summed E-state index contributed by atoms with van der Waals surface area (Å²) >= 11 is 0. The summed E-state index contributed by atoms with van der Waals surface area (Å²) < 4.78 is 0. The molecule has 0 unspecified atom stereocenters. The zero-order valence-corrected chi connectivity index (χ0v) is 14.4. The molecule has 98 valence electrons. The molecule has 0 bridgehead atoms. The van der Waals surface area contributed by atoms with Crippen molar-refractivity contribution in [2.24, 2.45) is 9.98 Å². The third-order valence-electron chi connectivity index (χ3n) is 2.76. The maximum atomic E-state index is 4.67. The smallest absolute Gasteiger partial charge is 0.0945 e. The fraction of sp³-hybridized carbons (Fsp3) is 0.500. The van der Waals surface area contributed by atoms with Crippen LogP contribution in [0.25, 0.3) is 0 Å². The monoisotopic (exact) mass is 276 g/mol. The summed E-state index contributed by atoms with van der Waals surface area (Å²) in [4.78, 5) is 8.97. The molecule has 0 saturated carbocycles. The molecule has 0 radical (unpaired) electrons. The van der Waals surface area contributed by atoms with E-state index < -0.39 is 16.1 Å². The van der Waals surface area contributed by atoms with E-state index in [9.17, 15) is 0 Å². The molecule has 0 fully saturated rings. The van der Waals surface area contributed by atoms with Gasteiger partial charge in [-0.05, 0) is 12.1 Å². The molecular formula is C14H24N2Si2. The third-order valence-corrected chi connectivity index (χ3v) is 11.5. The van der Waals surface area contributed by atoms with Gasteiger partial charge in [0.15, 0.2) is 0 Å². The highest BCUT2D eigenvalue weighted by Gasteiger charge is 2.37. The van der Waals surface area contributed by atoms with Gasteiger partial charge < -0.3 is 0 Å². The number of aliphatic imine (C=N–C) groups is 2. The summed E-state index contributed by atoms with van der Waals surface area (Å²) in [6.45, 7) is 14.3. The topological polar surface area (TPSA) is 24.7 Å². The summed E-state index contributed by atoms with van der Waals surface area (Å²) in [5.74, 6) is 0. The standard InChI is InChI=1S/C14H24N2Si2/c1-17(2,3)14(18(4,5)6)16-12-15-13-10-8-7-9-11-13/h7-11,14H,1-6H3. The van der Waals surface area contributed by atoms with Crippen molar-refractivity contribution in [2.45, 2.75) is 44.6 Å². The molecule has 0 amide bonds.